The highest BCUT2D eigenvalue weighted by Gasteiger charge is 2.13. The summed E-state index contributed by atoms with van der Waals surface area (Å²) in [5, 5.41) is 4.11. The molecule has 2 aromatic carbocycles. The first kappa shape index (κ1) is 19.0. The first-order valence-electron chi connectivity index (χ1n) is 9.63. The van der Waals surface area contributed by atoms with Gasteiger partial charge in [0.25, 0.3) is 0 Å². The van der Waals surface area contributed by atoms with Crippen LogP contribution in [-0.4, -0.2) is 9.97 Å². The third kappa shape index (κ3) is 3.94. The van der Waals surface area contributed by atoms with Crippen LogP contribution < -0.4 is 0 Å². The predicted octanol–water partition coefficient (Wildman–Crippen LogP) is 7.85. The van der Waals surface area contributed by atoms with Crippen LogP contribution >= 0.6 is 22.7 Å². The van der Waals surface area contributed by atoms with Crippen LogP contribution in [0.4, 0.5) is 0 Å². The van der Waals surface area contributed by atoms with Crippen LogP contribution in [0.2, 0.25) is 0 Å². The van der Waals surface area contributed by atoms with Gasteiger partial charge in [0.1, 0.15) is 0 Å². The SMILES string of the molecule is CC(C)c1cccc(-c2csc(-c3ncc(-c4cccc(C(C)C)c4)s3)n2)c1. The van der Waals surface area contributed by atoms with Crippen molar-refractivity contribution in [1.82, 2.24) is 9.97 Å². The van der Waals surface area contributed by atoms with Crippen molar-refractivity contribution in [3.63, 3.8) is 0 Å². The Hall–Kier alpha value is -2.30. The number of rotatable bonds is 5. The Balaban J connectivity index is 1.62. The third-order valence-corrected chi connectivity index (χ3v) is 6.91. The maximum absolute atomic E-state index is 4.87. The molecule has 0 bridgehead atoms. The molecule has 4 heteroatoms. The lowest BCUT2D eigenvalue weighted by molar-refractivity contribution is 0.867. The molecule has 0 saturated heterocycles. The smallest absolute Gasteiger partial charge is 0.152 e. The fourth-order valence-electron chi connectivity index (χ4n) is 3.12. The monoisotopic (exact) mass is 404 g/mol. The minimum absolute atomic E-state index is 0.515. The summed E-state index contributed by atoms with van der Waals surface area (Å²) in [5.74, 6) is 1.04. The summed E-state index contributed by atoms with van der Waals surface area (Å²) >= 11 is 3.38. The average Bonchev–Trinajstić information content (AvgIpc) is 3.38. The van der Waals surface area contributed by atoms with Crippen LogP contribution in [-0.2, 0) is 0 Å². The lowest BCUT2D eigenvalue weighted by Gasteiger charge is -2.06. The van der Waals surface area contributed by atoms with Crippen molar-refractivity contribution in [3.05, 3.63) is 71.2 Å². The normalized spacial score (nSPS) is 11.5. The molecule has 0 atom stereocenters. The molecule has 0 aliphatic heterocycles. The van der Waals surface area contributed by atoms with Crippen molar-refractivity contribution in [2.45, 2.75) is 39.5 Å². The fraction of sp³-hybridized carbons (Fsp3) is 0.250. The van der Waals surface area contributed by atoms with Crippen molar-refractivity contribution in [3.8, 4) is 31.7 Å². The molecule has 4 aromatic rings. The summed E-state index contributed by atoms with van der Waals surface area (Å²) < 4.78 is 0. The number of hydrogen-bond donors (Lipinski definition) is 0. The van der Waals surface area contributed by atoms with Gasteiger partial charge >= 0.3 is 0 Å². The molecule has 0 aliphatic carbocycles. The first-order valence-corrected chi connectivity index (χ1v) is 11.3. The van der Waals surface area contributed by atoms with Gasteiger partial charge in [0, 0.05) is 17.1 Å². The van der Waals surface area contributed by atoms with E-state index in [1.807, 2.05) is 6.20 Å². The van der Waals surface area contributed by atoms with Gasteiger partial charge in [0.2, 0.25) is 0 Å². The minimum atomic E-state index is 0.515. The number of hydrogen-bond acceptors (Lipinski definition) is 4. The fourth-order valence-corrected chi connectivity index (χ4v) is 4.90. The Morgan fingerprint density at radius 3 is 2.11 bits per heavy atom. The van der Waals surface area contributed by atoms with Crippen LogP contribution in [0.1, 0.15) is 50.7 Å². The van der Waals surface area contributed by atoms with Gasteiger partial charge in [-0.25, -0.2) is 9.97 Å². The molecule has 0 amide bonds. The van der Waals surface area contributed by atoms with E-state index in [2.05, 4.69) is 86.6 Å². The van der Waals surface area contributed by atoms with E-state index in [0.29, 0.717) is 11.8 Å². The molecular weight excluding hydrogens is 380 g/mol. The lowest BCUT2D eigenvalue weighted by atomic mass is 10.0. The van der Waals surface area contributed by atoms with Gasteiger partial charge in [-0.15, -0.1) is 22.7 Å². The highest BCUT2D eigenvalue weighted by Crippen LogP contribution is 2.36. The van der Waals surface area contributed by atoms with E-state index in [-0.39, 0.29) is 0 Å². The standard InChI is InChI=1S/C24H24N2S2/c1-15(2)17-7-5-9-19(11-17)21-14-27-24(26-21)23-25-13-22(28-23)20-10-6-8-18(12-20)16(3)4/h5-16H,1-4H3. The number of aromatic nitrogens is 2. The largest absolute Gasteiger partial charge is 0.241 e. The van der Waals surface area contributed by atoms with Crippen molar-refractivity contribution in [2.24, 2.45) is 0 Å². The summed E-state index contributed by atoms with van der Waals surface area (Å²) in [7, 11) is 0. The van der Waals surface area contributed by atoms with Gasteiger partial charge in [0.05, 0.1) is 10.6 Å². The third-order valence-electron chi connectivity index (χ3n) is 4.88. The first-order chi connectivity index (χ1) is 13.5. The van der Waals surface area contributed by atoms with E-state index < -0.39 is 0 Å². The second-order valence-corrected chi connectivity index (χ2v) is 9.52. The van der Waals surface area contributed by atoms with E-state index in [4.69, 9.17) is 4.98 Å². The van der Waals surface area contributed by atoms with Gasteiger partial charge in [-0.2, -0.15) is 0 Å². The van der Waals surface area contributed by atoms with Crippen LogP contribution in [0.15, 0.2) is 60.1 Å². The quantitative estimate of drug-likeness (QED) is 0.338. The molecule has 0 unspecified atom stereocenters. The van der Waals surface area contributed by atoms with Crippen molar-refractivity contribution >= 4 is 22.7 Å². The van der Waals surface area contributed by atoms with Crippen molar-refractivity contribution in [2.75, 3.05) is 0 Å². The zero-order valence-corrected chi connectivity index (χ0v) is 18.3. The summed E-state index contributed by atoms with van der Waals surface area (Å²) in [5.41, 5.74) is 6.13. The van der Waals surface area contributed by atoms with Crippen LogP contribution in [0, 0.1) is 0 Å². The highest BCUT2D eigenvalue weighted by atomic mass is 32.1. The Labute approximate surface area is 175 Å². The topological polar surface area (TPSA) is 25.8 Å². The summed E-state index contributed by atoms with van der Waals surface area (Å²) in [6, 6.07) is 17.4. The minimum Gasteiger partial charge on any atom is -0.241 e. The number of thiazole rings is 2. The molecule has 0 aliphatic rings. The Morgan fingerprint density at radius 2 is 1.43 bits per heavy atom. The van der Waals surface area contributed by atoms with E-state index in [9.17, 15) is 0 Å². The van der Waals surface area contributed by atoms with Gasteiger partial charge in [-0.05, 0) is 34.6 Å². The Bertz CT molecular complexity index is 1000. The molecule has 0 saturated carbocycles. The molecule has 142 valence electrons. The summed E-state index contributed by atoms with van der Waals surface area (Å²) in [6.07, 6.45) is 1.97. The summed E-state index contributed by atoms with van der Waals surface area (Å²) in [4.78, 5) is 10.7. The molecule has 0 spiro atoms. The molecule has 2 heterocycles. The predicted molar refractivity (Wildman–Crippen MR) is 122 cm³/mol. The Kier molecular flexibility index (Phi) is 5.42. The number of benzene rings is 2. The average molecular weight is 405 g/mol. The maximum atomic E-state index is 4.87. The molecule has 2 aromatic heterocycles. The lowest BCUT2D eigenvalue weighted by Crippen LogP contribution is -1.87. The van der Waals surface area contributed by atoms with Crippen molar-refractivity contribution in [1.29, 1.82) is 0 Å². The zero-order valence-electron chi connectivity index (χ0n) is 16.6. The molecule has 2 nitrogen and oxygen atoms in total. The van der Waals surface area contributed by atoms with Crippen LogP contribution in [0.25, 0.3) is 31.7 Å². The molecular formula is C24H24N2S2. The van der Waals surface area contributed by atoms with E-state index in [1.54, 1.807) is 22.7 Å². The second kappa shape index (κ2) is 7.98. The maximum Gasteiger partial charge on any atom is 0.152 e. The molecule has 4 rings (SSSR count). The Morgan fingerprint density at radius 1 is 0.786 bits per heavy atom. The molecule has 28 heavy (non-hydrogen) atoms. The van der Waals surface area contributed by atoms with E-state index in [0.717, 1.165) is 15.7 Å². The van der Waals surface area contributed by atoms with E-state index in [1.165, 1.54) is 27.1 Å². The second-order valence-electron chi connectivity index (χ2n) is 7.63. The van der Waals surface area contributed by atoms with Crippen molar-refractivity contribution < 1.29 is 0 Å². The van der Waals surface area contributed by atoms with Gasteiger partial charge in [-0.3, -0.25) is 0 Å². The highest BCUT2D eigenvalue weighted by molar-refractivity contribution is 7.22. The molecule has 0 N–H and O–H groups in total. The van der Waals surface area contributed by atoms with Crippen LogP contribution in [0.5, 0.6) is 0 Å². The number of nitrogens with zero attached hydrogens (tertiary/aromatic N) is 2. The van der Waals surface area contributed by atoms with Gasteiger partial charge in [-0.1, -0.05) is 70.2 Å². The zero-order chi connectivity index (χ0) is 19.7. The van der Waals surface area contributed by atoms with Crippen LogP contribution in [0.3, 0.4) is 0 Å². The molecule has 0 fully saturated rings. The molecule has 0 radical (unpaired) electrons. The summed E-state index contributed by atoms with van der Waals surface area (Å²) in [6.45, 7) is 8.89. The van der Waals surface area contributed by atoms with Gasteiger partial charge in [0.15, 0.2) is 10.0 Å². The van der Waals surface area contributed by atoms with Gasteiger partial charge < -0.3 is 0 Å². The van der Waals surface area contributed by atoms with E-state index >= 15 is 0 Å².